The van der Waals surface area contributed by atoms with Crippen LogP contribution in [0.25, 0.3) is 10.2 Å². The lowest BCUT2D eigenvalue weighted by Crippen LogP contribution is -2.50. The summed E-state index contributed by atoms with van der Waals surface area (Å²) in [5.41, 5.74) is 0.842. The molecule has 6 heteroatoms. The number of carbonyl (C=O) groups excluding carboxylic acids is 1. The zero-order valence-corrected chi connectivity index (χ0v) is 15.5. The van der Waals surface area contributed by atoms with Crippen LogP contribution < -0.4 is 4.90 Å². The number of amides is 1. The monoisotopic (exact) mass is 356 g/mol. The number of likely N-dealkylation sites (tertiary alicyclic amines) is 1. The van der Waals surface area contributed by atoms with Gasteiger partial charge in [-0.2, -0.15) is 0 Å². The third-order valence-corrected chi connectivity index (χ3v) is 6.95. The molecule has 1 atom stereocenters. The van der Waals surface area contributed by atoms with Crippen molar-refractivity contribution in [3.8, 4) is 0 Å². The second-order valence-corrected chi connectivity index (χ2v) is 8.90. The van der Waals surface area contributed by atoms with E-state index in [0.29, 0.717) is 5.91 Å². The van der Waals surface area contributed by atoms with Crippen molar-refractivity contribution < 1.29 is 4.79 Å². The number of hydrogen-bond acceptors (Lipinski definition) is 5. The van der Waals surface area contributed by atoms with Crippen molar-refractivity contribution in [2.24, 2.45) is 11.3 Å². The number of nitrogens with zero attached hydrogens (tertiary/aromatic N) is 4. The number of thiophene rings is 1. The smallest absolute Gasteiger partial charge is 0.230 e. The van der Waals surface area contributed by atoms with Gasteiger partial charge in [-0.05, 0) is 56.4 Å². The Morgan fingerprint density at radius 1 is 1.28 bits per heavy atom. The minimum absolute atomic E-state index is 0.185. The molecule has 1 amide bonds. The van der Waals surface area contributed by atoms with Gasteiger partial charge in [0.05, 0.1) is 15.6 Å². The molecule has 3 aliphatic rings. The number of anilines is 1. The van der Waals surface area contributed by atoms with Crippen LogP contribution >= 0.6 is 11.3 Å². The Bertz CT molecular complexity index is 830. The number of hydrogen-bond donors (Lipinski definition) is 0. The first kappa shape index (κ1) is 15.6. The number of aryl methyl sites for hydroxylation is 1. The second kappa shape index (κ2) is 5.66. The lowest BCUT2D eigenvalue weighted by atomic mass is 9.78. The zero-order valence-electron chi connectivity index (χ0n) is 14.7. The van der Waals surface area contributed by atoms with E-state index < -0.39 is 0 Å². The van der Waals surface area contributed by atoms with E-state index in [1.54, 1.807) is 11.3 Å². The number of fused-ring (bicyclic) bond motifs is 1. The van der Waals surface area contributed by atoms with Crippen molar-refractivity contribution in [3.63, 3.8) is 0 Å². The Labute approximate surface area is 152 Å². The number of carbonyl (C=O) groups is 1. The summed E-state index contributed by atoms with van der Waals surface area (Å²) >= 11 is 1.70. The van der Waals surface area contributed by atoms with Gasteiger partial charge in [0.25, 0.3) is 0 Å². The maximum Gasteiger partial charge on any atom is 0.230 e. The van der Waals surface area contributed by atoms with Gasteiger partial charge in [-0.3, -0.25) is 4.79 Å². The molecule has 0 aromatic carbocycles. The largest absolute Gasteiger partial charge is 0.354 e. The fraction of sp³-hybridized carbons (Fsp3) is 0.632. The van der Waals surface area contributed by atoms with E-state index >= 15 is 0 Å². The molecule has 0 unspecified atom stereocenters. The van der Waals surface area contributed by atoms with Crippen molar-refractivity contribution >= 4 is 33.3 Å². The predicted octanol–water partition coefficient (Wildman–Crippen LogP) is 3.23. The normalized spacial score (nSPS) is 27.0. The third-order valence-electron chi connectivity index (χ3n) is 6.05. The highest BCUT2D eigenvalue weighted by molar-refractivity contribution is 7.17. The Hall–Kier alpha value is -1.69. The van der Waals surface area contributed by atoms with Gasteiger partial charge in [0.2, 0.25) is 5.91 Å². The molecular weight excluding hydrogens is 332 g/mol. The van der Waals surface area contributed by atoms with E-state index in [-0.39, 0.29) is 5.41 Å². The molecule has 5 nitrogen and oxygen atoms in total. The van der Waals surface area contributed by atoms with Gasteiger partial charge < -0.3 is 9.80 Å². The van der Waals surface area contributed by atoms with Crippen LogP contribution in [0.5, 0.6) is 0 Å². The predicted molar refractivity (Wildman–Crippen MR) is 100.0 cm³/mol. The molecule has 2 aliphatic heterocycles. The topological polar surface area (TPSA) is 49.3 Å². The quantitative estimate of drug-likeness (QED) is 0.847. The number of rotatable bonds is 3. The van der Waals surface area contributed by atoms with Crippen LogP contribution in [0.3, 0.4) is 0 Å². The zero-order chi connectivity index (χ0) is 17.0. The van der Waals surface area contributed by atoms with Crippen LogP contribution in [0.2, 0.25) is 0 Å². The molecule has 3 fully saturated rings. The molecule has 0 radical (unpaired) electrons. The summed E-state index contributed by atoms with van der Waals surface area (Å²) < 4.78 is 1.15. The minimum atomic E-state index is -0.185. The van der Waals surface area contributed by atoms with Crippen LogP contribution in [0.4, 0.5) is 5.82 Å². The summed E-state index contributed by atoms with van der Waals surface area (Å²) in [7, 11) is 0. The van der Waals surface area contributed by atoms with Crippen molar-refractivity contribution in [2.75, 3.05) is 31.1 Å². The molecule has 25 heavy (non-hydrogen) atoms. The van der Waals surface area contributed by atoms with E-state index in [1.165, 1.54) is 12.8 Å². The first-order chi connectivity index (χ1) is 12.1. The maximum atomic E-state index is 13.2. The standard InChI is InChI=1S/C19H24N4OS/c1-13-20-15-5-10-25-16(15)17(21-13)23-9-7-19(12-23)6-2-8-22(18(19)24)11-14-3-4-14/h5,10,14H,2-4,6-9,11-12H2,1H3/t19-/m1/s1. The fourth-order valence-corrected chi connectivity index (χ4v) is 5.39. The molecule has 2 aromatic heterocycles. The SMILES string of the molecule is Cc1nc(N2CC[C@]3(CCCN(CC4CC4)C3=O)C2)c2sccc2n1. The Balaban J connectivity index is 1.43. The van der Waals surface area contributed by atoms with Crippen LogP contribution in [-0.2, 0) is 4.79 Å². The first-order valence-corrected chi connectivity index (χ1v) is 10.3. The van der Waals surface area contributed by atoms with Crippen molar-refractivity contribution in [3.05, 3.63) is 17.3 Å². The molecule has 2 saturated heterocycles. The average molecular weight is 356 g/mol. The van der Waals surface area contributed by atoms with E-state index in [4.69, 9.17) is 4.98 Å². The Morgan fingerprint density at radius 3 is 3.00 bits per heavy atom. The summed E-state index contributed by atoms with van der Waals surface area (Å²) in [5, 5.41) is 2.08. The van der Waals surface area contributed by atoms with Gasteiger partial charge in [-0.1, -0.05) is 0 Å². The molecule has 2 aromatic rings. The van der Waals surface area contributed by atoms with Crippen LogP contribution in [0, 0.1) is 18.3 Å². The Kier molecular flexibility index (Phi) is 3.52. The molecule has 1 spiro atoms. The molecular formula is C19H24N4OS. The summed E-state index contributed by atoms with van der Waals surface area (Å²) in [6.45, 7) is 5.64. The lowest BCUT2D eigenvalue weighted by molar-refractivity contribution is -0.145. The third kappa shape index (κ3) is 2.62. The highest BCUT2D eigenvalue weighted by Gasteiger charge is 2.49. The molecule has 4 heterocycles. The van der Waals surface area contributed by atoms with Gasteiger partial charge in [-0.15, -0.1) is 11.3 Å². The summed E-state index contributed by atoms with van der Waals surface area (Å²) in [6.07, 6.45) is 5.74. The first-order valence-electron chi connectivity index (χ1n) is 9.41. The lowest BCUT2D eigenvalue weighted by Gasteiger charge is -2.39. The number of aromatic nitrogens is 2. The van der Waals surface area contributed by atoms with E-state index in [0.717, 1.165) is 73.2 Å². The van der Waals surface area contributed by atoms with Gasteiger partial charge in [0.15, 0.2) is 0 Å². The van der Waals surface area contributed by atoms with E-state index in [9.17, 15) is 4.79 Å². The average Bonchev–Trinajstić information content (AvgIpc) is 3.12. The van der Waals surface area contributed by atoms with Crippen molar-refractivity contribution in [1.82, 2.24) is 14.9 Å². The summed E-state index contributed by atoms with van der Waals surface area (Å²) in [5.74, 6) is 3.02. The molecule has 1 saturated carbocycles. The van der Waals surface area contributed by atoms with Crippen molar-refractivity contribution in [2.45, 2.75) is 39.0 Å². The van der Waals surface area contributed by atoms with Crippen LogP contribution in [-0.4, -0.2) is 47.0 Å². The maximum absolute atomic E-state index is 13.2. The minimum Gasteiger partial charge on any atom is -0.354 e. The Morgan fingerprint density at radius 2 is 2.16 bits per heavy atom. The van der Waals surface area contributed by atoms with Crippen molar-refractivity contribution in [1.29, 1.82) is 0 Å². The van der Waals surface area contributed by atoms with Gasteiger partial charge in [0, 0.05) is 26.2 Å². The van der Waals surface area contributed by atoms with Crippen LogP contribution in [0.15, 0.2) is 11.4 Å². The molecule has 0 N–H and O–H groups in total. The fourth-order valence-electron chi connectivity index (χ4n) is 4.55. The summed E-state index contributed by atoms with van der Waals surface area (Å²) in [4.78, 5) is 27.0. The molecule has 1 aliphatic carbocycles. The molecule has 5 rings (SSSR count). The second-order valence-electron chi connectivity index (χ2n) is 7.98. The van der Waals surface area contributed by atoms with Gasteiger partial charge >= 0.3 is 0 Å². The molecule has 132 valence electrons. The number of piperidine rings is 1. The summed E-state index contributed by atoms with van der Waals surface area (Å²) in [6, 6.07) is 2.06. The van der Waals surface area contributed by atoms with Crippen LogP contribution in [0.1, 0.15) is 37.9 Å². The molecule has 0 bridgehead atoms. The van der Waals surface area contributed by atoms with E-state index in [1.807, 2.05) is 6.92 Å². The van der Waals surface area contributed by atoms with E-state index in [2.05, 4.69) is 26.2 Å². The van der Waals surface area contributed by atoms with Gasteiger partial charge in [-0.25, -0.2) is 9.97 Å². The van der Waals surface area contributed by atoms with Gasteiger partial charge in [0.1, 0.15) is 11.6 Å². The highest BCUT2D eigenvalue weighted by atomic mass is 32.1. The highest BCUT2D eigenvalue weighted by Crippen LogP contribution is 2.44.